The molecule has 3 N–H and O–H groups in total. The fourth-order valence-corrected chi connectivity index (χ4v) is 2.11. The van der Waals surface area contributed by atoms with E-state index >= 15 is 0 Å². The summed E-state index contributed by atoms with van der Waals surface area (Å²) < 4.78 is 26.6. The Morgan fingerprint density at radius 3 is 2.40 bits per heavy atom. The molecule has 0 amide bonds. The molecule has 0 unspecified atom stereocenters. The summed E-state index contributed by atoms with van der Waals surface area (Å²) >= 11 is 0. The number of nitrogen functional groups attached to an aromatic ring is 1. The average Bonchev–Trinajstić information content (AvgIpc) is 2.44. The molecular formula is C16H12F2N2. The summed E-state index contributed by atoms with van der Waals surface area (Å²) in [5.41, 5.74) is 6.45. The van der Waals surface area contributed by atoms with Crippen LogP contribution in [0.5, 0.6) is 0 Å². The summed E-state index contributed by atoms with van der Waals surface area (Å²) in [6.45, 7) is 0. The van der Waals surface area contributed by atoms with Crippen molar-refractivity contribution >= 4 is 27.8 Å². The molecule has 0 atom stereocenters. The Labute approximate surface area is 114 Å². The van der Waals surface area contributed by atoms with Crippen LogP contribution in [0.15, 0.2) is 54.6 Å². The third kappa shape index (κ3) is 2.28. The zero-order chi connectivity index (χ0) is 14.1. The molecule has 0 aromatic heterocycles. The Morgan fingerprint density at radius 2 is 1.60 bits per heavy atom. The SMILES string of the molecule is Nc1c(F)cc(F)cc1Nc1ccc2ccccc2c1. The normalized spacial score (nSPS) is 10.7. The minimum Gasteiger partial charge on any atom is -0.395 e. The number of hydrogen-bond donors (Lipinski definition) is 2. The zero-order valence-electron chi connectivity index (χ0n) is 10.5. The molecule has 2 nitrogen and oxygen atoms in total. The van der Waals surface area contributed by atoms with Gasteiger partial charge in [0.05, 0.1) is 11.4 Å². The molecule has 0 fully saturated rings. The summed E-state index contributed by atoms with van der Waals surface area (Å²) in [4.78, 5) is 0. The summed E-state index contributed by atoms with van der Waals surface area (Å²) in [6.07, 6.45) is 0. The van der Waals surface area contributed by atoms with Gasteiger partial charge < -0.3 is 11.1 Å². The largest absolute Gasteiger partial charge is 0.395 e. The molecule has 0 aliphatic rings. The number of halogens is 2. The minimum absolute atomic E-state index is 0.0976. The number of anilines is 3. The monoisotopic (exact) mass is 270 g/mol. The lowest BCUT2D eigenvalue weighted by atomic mass is 10.1. The number of nitrogens with two attached hydrogens (primary N) is 1. The van der Waals surface area contributed by atoms with Gasteiger partial charge in [0.2, 0.25) is 0 Å². The van der Waals surface area contributed by atoms with Gasteiger partial charge in [-0.15, -0.1) is 0 Å². The van der Waals surface area contributed by atoms with E-state index in [1.807, 2.05) is 42.5 Å². The van der Waals surface area contributed by atoms with Crippen molar-refractivity contribution in [2.45, 2.75) is 0 Å². The highest BCUT2D eigenvalue weighted by Gasteiger charge is 2.08. The van der Waals surface area contributed by atoms with Gasteiger partial charge in [0.25, 0.3) is 0 Å². The molecule has 0 saturated heterocycles. The first-order chi connectivity index (χ1) is 9.63. The van der Waals surface area contributed by atoms with Gasteiger partial charge in [-0.25, -0.2) is 8.78 Å². The molecule has 0 saturated carbocycles. The summed E-state index contributed by atoms with van der Waals surface area (Å²) in [5.74, 6) is -1.44. The van der Waals surface area contributed by atoms with Gasteiger partial charge in [-0.1, -0.05) is 30.3 Å². The molecule has 0 heterocycles. The van der Waals surface area contributed by atoms with Crippen LogP contribution in [-0.2, 0) is 0 Å². The summed E-state index contributed by atoms with van der Waals surface area (Å²) in [7, 11) is 0. The fourth-order valence-electron chi connectivity index (χ4n) is 2.11. The number of fused-ring (bicyclic) bond motifs is 1. The van der Waals surface area contributed by atoms with Gasteiger partial charge in [0.15, 0.2) is 5.82 Å². The zero-order valence-corrected chi connectivity index (χ0v) is 10.5. The first-order valence-corrected chi connectivity index (χ1v) is 6.14. The van der Waals surface area contributed by atoms with Crippen LogP contribution in [0.1, 0.15) is 0 Å². The molecule has 3 rings (SSSR count). The molecule has 0 aliphatic carbocycles. The molecule has 100 valence electrons. The minimum atomic E-state index is -0.770. The van der Waals surface area contributed by atoms with Crippen molar-refractivity contribution in [3.8, 4) is 0 Å². The predicted molar refractivity (Wildman–Crippen MR) is 78.0 cm³/mol. The van der Waals surface area contributed by atoms with Crippen molar-refractivity contribution in [3.63, 3.8) is 0 Å². The number of nitrogens with one attached hydrogen (secondary N) is 1. The molecule has 0 aliphatic heterocycles. The van der Waals surface area contributed by atoms with Gasteiger partial charge in [-0.3, -0.25) is 0 Å². The van der Waals surface area contributed by atoms with Gasteiger partial charge in [-0.2, -0.15) is 0 Å². The predicted octanol–water partition coefficient (Wildman–Crippen LogP) is 4.44. The second-order valence-corrected chi connectivity index (χ2v) is 4.54. The third-order valence-electron chi connectivity index (χ3n) is 3.12. The lowest BCUT2D eigenvalue weighted by Gasteiger charge is -2.11. The first-order valence-electron chi connectivity index (χ1n) is 6.14. The molecule has 4 heteroatoms. The smallest absolute Gasteiger partial charge is 0.151 e. The van der Waals surface area contributed by atoms with Crippen molar-refractivity contribution < 1.29 is 8.78 Å². The summed E-state index contributed by atoms with van der Waals surface area (Å²) in [6, 6.07) is 15.5. The van der Waals surface area contributed by atoms with Crippen LogP contribution in [0.4, 0.5) is 25.8 Å². The maximum atomic E-state index is 13.4. The first kappa shape index (κ1) is 12.4. The van der Waals surface area contributed by atoms with Crippen LogP contribution in [0.3, 0.4) is 0 Å². The third-order valence-corrected chi connectivity index (χ3v) is 3.12. The van der Waals surface area contributed by atoms with E-state index in [9.17, 15) is 8.78 Å². The Kier molecular flexibility index (Phi) is 2.99. The Balaban J connectivity index is 2.01. The van der Waals surface area contributed by atoms with E-state index in [1.54, 1.807) is 0 Å². The number of rotatable bonds is 2. The van der Waals surface area contributed by atoms with Gasteiger partial charge in [0, 0.05) is 11.8 Å². The van der Waals surface area contributed by atoms with E-state index in [4.69, 9.17) is 5.73 Å². The lowest BCUT2D eigenvalue weighted by molar-refractivity contribution is 0.587. The number of hydrogen-bond acceptors (Lipinski definition) is 2. The Morgan fingerprint density at radius 1 is 0.850 bits per heavy atom. The van der Waals surface area contributed by atoms with Gasteiger partial charge in [-0.05, 0) is 29.0 Å². The van der Waals surface area contributed by atoms with Gasteiger partial charge >= 0.3 is 0 Å². The molecule has 3 aromatic carbocycles. The Bertz CT molecular complexity index is 785. The molecule has 20 heavy (non-hydrogen) atoms. The van der Waals surface area contributed by atoms with Crippen LogP contribution >= 0.6 is 0 Å². The highest BCUT2D eigenvalue weighted by atomic mass is 19.1. The van der Waals surface area contributed by atoms with E-state index < -0.39 is 11.6 Å². The Hall–Kier alpha value is -2.62. The van der Waals surface area contributed by atoms with E-state index in [2.05, 4.69) is 5.32 Å². The van der Waals surface area contributed by atoms with Crippen molar-refractivity contribution in [1.29, 1.82) is 0 Å². The van der Waals surface area contributed by atoms with E-state index in [0.717, 1.165) is 22.5 Å². The van der Waals surface area contributed by atoms with Crippen LogP contribution in [0, 0.1) is 11.6 Å². The maximum Gasteiger partial charge on any atom is 0.151 e. The number of benzene rings is 3. The fraction of sp³-hybridized carbons (Fsp3) is 0. The second-order valence-electron chi connectivity index (χ2n) is 4.54. The van der Waals surface area contributed by atoms with Crippen molar-refractivity contribution in [2.75, 3.05) is 11.1 Å². The topological polar surface area (TPSA) is 38.0 Å². The van der Waals surface area contributed by atoms with E-state index in [-0.39, 0.29) is 11.4 Å². The van der Waals surface area contributed by atoms with Crippen LogP contribution < -0.4 is 11.1 Å². The lowest BCUT2D eigenvalue weighted by Crippen LogP contribution is -2.00. The molecule has 3 aromatic rings. The highest BCUT2D eigenvalue weighted by molar-refractivity contribution is 5.87. The van der Waals surface area contributed by atoms with Crippen LogP contribution in [-0.4, -0.2) is 0 Å². The van der Waals surface area contributed by atoms with Crippen molar-refractivity contribution in [1.82, 2.24) is 0 Å². The molecule has 0 bridgehead atoms. The molecular weight excluding hydrogens is 258 g/mol. The van der Waals surface area contributed by atoms with Crippen LogP contribution in [0.2, 0.25) is 0 Å². The molecule has 0 spiro atoms. The maximum absolute atomic E-state index is 13.4. The van der Waals surface area contributed by atoms with E-state index in [0.29, 0.717) is 0 Å². The highest BCUT2D eigenvalue weighted by Crippen LogP contribution is 2.28. The summed E-state index contributed by atoms with van der Waals surface area (Å²) in [5, 5.41) is 5.07. The van der Waals surface area contributed by atoms with Crippen molar-refractivity contribution in [2.24, 2.45) is 0 Å². The van der Waals surface area contributed by atoms with Crippen molar-refractivity contribution in [3.05, 3.63) is 66.2 Å². The average molecular weight is 270 g/mol. The van der Waals surface area contributed by atoms with Gasteiger partial charge in [0.1, 0.15) is 5.82 Å². The standard InChI is InChI=1S/C16H12F2N2/c17-12-8-14(18)16(19)15(9-12)20-13-6-5-10-3-1-2-4-11(10)7-13/h1-9,20H,19H2. The van der Waals surface area contributed by atoms with E-state index in [1.165, 1.54) is 6.07 Å². The van der Waals surface area contributed by atoms with Crippen LogP contribution in [0.25, 0.3) is 10.8 Å². The quantitative estimate of drug-likeness (QED) is 0.675. The second kappa shape index (κ2) is 4.81. The molecule has 0 radical (unpaired) electrons.